The topological polar surface area (TPSA) is 65.2 Å². The van der Waals surface area contributed by atoms with Crippen LogP contribution < -0.4 is 10.7 Å². The molecule has 1 amide bonds. The lowest BCUT2D eigenvalue weighted by molar-refractivity contribution is 0.0950. The molecule has 2 aromatic rings. The van der Waals surface area contributed by atoms with Crippen LogP contribution in [-0.4, -0.2) is 43.0 Å². The third-order valence-corrected chi connectivity index (χ3v) is 3.17. The fourth-order valence-electron chi connectivity index (χ4n) is 1.85. The Morgan fingerprint density at radius 1 is 1.40 bits per heavy atom. The number of carbonyl (C=O) groups excluding carboxylic acids is 1. The van der Waals surface area contributed by atoms with Crippen molar-refractivity contribution >= 4 is 28.4 Å². The third-order valence-electron chi connectivity index (χ3n) is 2.93. The number of aromatic nitrogens is 1. The number of benzene rings is 1. The van der Waals surface area contributed by atoms with Crippen molar-refractivity contribution in [3.05, 3.63) is 45.2 Å². The number of aromatic amines is 1. The molecule has 106 valence electrons. The standard InChI is InChI=1S/C14H16ClN3O2/c1-18(2)6-5-16-14(20)11-8-17-12-4-3-9(15)7-10(12)13(11)19/h3-4,7-8H,5-6H2,1-2H3,(H,16,20)(H,17,19). The van der Waals surface area contributed by atoms with Crippen LogP contribution in [0.4, 0.5) is 0 Å². The van der Waals surface area contributed by atoms with Crippen molar-refractivity contribution in [2.75, 3.05) is 27.2 Å². The van der Waals surface area contributed by atoms with E-state index in [4.69, 9.17) is 11.6 Å². The van der Waals surface area contributed by atoms with Gasteiger partial charge in [0.2, 0.25) is 5.43 Å². The molecule has 5 nitrogen and oxygen atoms in total. The second kappa shape index (κ2) is 6.07. The monoisotopic (exact) mass is 293 g/mol. The van der Waals surface area contributed by atoms with Gasteiger partial charge in [0.1, 0.15) is 5.56 Å². The Balaban J connectivity index is 2.28. The second-order valence-electron chi connectivity index (χ2n) is 4.78. The van der Waals surface area contributed by atoms with E-state index >= 15 is 0 Å². The molecule has 0 saturated heterocycles. The predicted molar refractivity (Wildman–Crippen MR) is 80.5 cm³/mol. The summed E-state index contributed by atoms with van der Waals surface area (Å²) in [6.45, 7) is 1.20. The number of amides is 1. The average Bonchev–Trinajstić information content (AvgIpc) is 2.39. The molecule has 6 heteroatoms. The molecule has 2 N–H and O–H groups in total. The van der Waals surface area contributed by atoms with Crippen LogP contribution in [0.25, 0.3) is 10.9 Å². The number of likely N-dealkylation sites (N-methyl/N-ethyl adjacent to an activating group) is 1. The van der Waals surface area contributed by atoms with Gasteiger partial charge in [-0.3, -0.25) is 9.59 Å². The smallest absolute Gasteiger partial charge is 0.256 e. The molecule has 0 unspecified atom stereocenters. The van der Waals surface area contributed by atoms with Crippen molar-refractivity contribution in [3.63, 3.8) is 0 Å². The summed E-state index contributed by atoms with van der Waals surface area (Å²) in [5.74, 6) is -0.380. The van der Waals surface area contributed by atoms with Crippen LogP contribution in [0.1, 0.15) is 10.4 Å². The Kier molecular flexibility index (Phi) is 4.42. The minimum atomic E-state index is -0.380. The molecule has 0 aliphatic carbocycles. The van der Waals surface area contributed by atoms with Crippen molar-refractivity contribution in [1.82, 2.24) is 15.2 Å². The summed E-state index contributed by atoms with van der Waals surface area (Å²) >= 11 is 5.88. The van der Waals surface area contributed by atoms with E-state index in [2.05, 4.69) is 10.3 Å². The van der Waals surface area contributed by atoms with Crippen LogP contribution in [-0.2, 0) is 0 Å². The SMILES string of the molecule is CN(C)CCNC(=O)c1c[nH]c2ccc(Cl)cc2c1=O. The van der Waals surface area contributed by atoms with Gasteiger partial charge in [0.25, 0.3) is 5.91 Å². The molecule has 0 radical (unpaired) electrons. The van der Waals surface area contributed by atoms with Gasteiger partial charge in [0, 0.05) is 35.2 Å². The quantitative estimate of drug-likeness (QED) is 0.897. The first kappa shape index (κ1) is 14.6. The molecule has 1 aromatic heterocycles. The Morgan fingerprint density at radius 3 is 2.85 bits per heavy atom. The molecule has 0 saturated carbocycles. The van der Waals surface area contributed by atoms with Gasteiger partial charge in [-0.25, -0.2) is 0 Å². The Morgan fingerprint density at radius 2 is 2.15 bits per heavy atom. The van der Waals surface area contributed by atoms with E-state index in [-0.39, 0.29) is 16.9 Å². The number of halogens is 1. The molecule has 1 heterocycles. The van der Waals surface area contributed by atoms with Crippen molar-refractivity contribution in [3.8, 4) is 0 Å². The summed E-state index contributed by atoms with van der Waals surface area (Å²) in [4.78, 5) is 29.1. The number of pyridine rings is 1. The first-order chi connectivity index (χ1) is 9.49. The number of hydrogen-bond donors (Lipinski definition) is 2. The van der Waals surface area contributed by atoms with Crippen molar-refractivity contribution in [2.45, 2.75) is 0 Å². The van der Waals surface area contributed by atoms with Gasteiger partial charge >= 0.3 is 0 Å². The number of H-pyrrole nitrogens is 1. The second-order valence-corrected chi connectivity index (χ2v) is 5.22. The molecule has 0 spiro atoms. The van der Waals surface area contributed by atoms with Gasteiger partial charge in [-0.1, -0.05) is 11.6 Å². The lowest BCUT2D eigenvalue weighted by Crippen LogP contribution is -2.34. The zero-order chi connectivity index (χ0) is 14.7. The van der Waals surface area contributed by atoms with E-state index in [1.165, 1.54) is 6.20 Å². The fraction of sp³-hybridized carbons (Fsp3) is 0.286. The van der Waals surface area contributed by atoms with Gasteiger partial charge in [0.05, 0.1) is 0 Å². The lowest BCUT2D eigenvalue weighted by atomic mass is 10.1. The molecule has 20 heavy (non-hydrogen) atoms. The summed E-state index contributed by atoms with van der Waals surface area (Å²) in [5, 5.41) is 3.60. The van der Waals surface area contributed by atoms with E-state index in [9.17, 15) is 9.59 Å². The molecule has 0 fully saturated rings. The number of fused-ring (bicyclic) bond motifs is 1. The molecule has 0 aliphatic rings. The van der Waals surface area contributed by atoms with Crippen LogP contribution >= 0.6 is 11.6 Å². The minimum absolute atomic E-state index is 0.0959. The highest BCUT2D eigenvalue weighted by atomic mass is 35.5. The van der Waals surface area contributed by atoms with Crippen LogP contribution in [0.15, 0.2) is 29.2 Å². The summed E-state index contributed by atoms with van der Waals surface area (Å²) in [6, 6.07) is 4.97. The maximum atomic E-state index is 12.3. The average molecular weight is 294 g/mol. The number of carbonyl (C=O) groups is 1. The maximum Gasteiger partial charge on any atom is 0.256 e. The fourth-order valence-corrected chi connectivity index (χ4v) is 2.02. The molecule has 2 rings (SSSR count). The molecular formula is C14H16ClN3O2. The predicted octanol–water partition coefficient (Wildman–Crippen LogP) is 1.47. The summed E-state index contributed by atoms with van der Waals surface area (Å²) < 4.78 is 0. The van der Waals surface area contributed by atoms with Crippen LogP contribution in [0.3, 0.4) is 0 Å². The third kappa shape index (κ3) is 3.18. The largest absolute Gasteiger partial charge is 0.360 e. The van der Waals surface area contributed by atoms with Crippen LogP contribution in [0.5, 0.6) is 0 Å². The first-order valence-electron chi connectivity index (χ1n) is 6.23. The van der Waals surface area contributed by atoms with Gasteiger partial charge in [-0.15, -0.1) is 0 Å². The van der Waals surface area contributed by atoms with E-state index in [0.717, 1.165) is 0 Å². The Labute approximate surface area is 121 Å². The summed E-state index contributed by atoms with van der Waals surface area (Å²) in [6.07, 6.45) is 1.43. The van der Waals surface area contributed by atoms with Crippen LogP contribution in [0, 0.1) is 0 Å². The van der Waals surface area contributed by atoms with E-state index in [1.807, 2.05) is 19.0 Å². The van der Waals surface area contributed by atoms with Gasteiger partial charge in [0.15, 0.2) is 0 Å². The molecule has 0 aliphatic heterocycles. The molecular weight excluding hydrogens is 278 g/mol. The summed E-state index contributed by atoms with van der Waals surface area (Å²) in [5.41, 5.74) is 0.436. The van der Waals surface area contributed by atoms with Crippen molar-refractivity contribution in [2.24, 2.45) is 0 Å². The molecule has 0 atom stereocenters. The van der Waals surface area contributed by atoms with E-state index in [1.54, 1.807) is 18.2 Å². The number of nitrogens with zero attached hydrogens (tertiary/aromatic N) is 1. The Bertz CT molecular complexity index is 694. The highest BCUT2D eigenvalue weighted by Gasteiger charge is 2.12. The zero-order valence-corrected chi connectivity index (χ0v) is 12.1. The van der Waals surface area contributed by atoms with Gasteiger partial charge in [-0.2, -0.15) is 0 Å². The molecule has 0 bridgehead atoms. The summed E-state index contributed by atoms with van der Waals surface area (Å²) in [7, 11) is 3.83. The normalized spacial score (nSPS) is 11.0. The van der Waals surface area contributed by atoms with E-state index in [0.29, 0.717) is 29.0 Å². The van der Waals surface area contributed by atoms with Crippen molar-refractivity contribution < 1.29 is 4.79 Å². The maximum absolute atomic E-state index is 12.3. The first-order valence-corrected chi connectivity index (χ1v) is 6.60. The highest BCUT2D eigenvalue weighted by molar-refractivity contribution is 6.31. The lowest BCUT2D eigenvalue weighted by Gasteiger charge is -2.10. The minimum Gasteiger partial charge on any atom is -0.360 e. The van der Waals surface area contributed by atoms with Crippen molar-refractivity contribution in [1.29, 1.82) is 0 Å². The van der Waals surface area contributed by atoms with Crippen LogP contribution in [0.2, 0.25) is 5.02 Å². The van der Waals surface area contributed by atoms with Gasteiger partial charge < -0.3 is 15.2 Å². The highest BCUT2D eigenvalue weighted by Crippen LogP contribution is 2.14. The van der Waals surface area contributed by atoms with E-state index < -0.39 is 0 Å². The van der Waals surface area contributed by atoms with Gasteiger partial charge in [-0.05, 0) is 32.3 Å². The number of hydrogen-bond acceptors (Lipinski definition) is 3. The number of nitrogens with one attached hydrogen (secondary N) is 2. The molecule has 1 aromatic carbocycles. The Hall–Kier alpha value is -1.85. The number of rotatable bonds is 4. The zero-order valence-electron chi connectivity index (χ0n) is 11.4.